The van der Waals surface area contributed by atoms with Crippen LogP contribution < -0.4 is 5.32 Å². The van der Waals surface area contributed by atoms with Gasteiger partial charge in [-0.15, -0.1) is 11.3 Å². The molecule has 142 valence electrons. The molecule has 0 radical (unpaired) electrons. The van der Waals surface area contributed by atoms with Crippen molar-refractivity contribution < 1.29 is 23.9 Å². The number of pyridine rings is 1. The van der Waals surface area contributed by atoms with Gasteiger partial charge >= 0.3 is 11.9 Å². The molecular formula is C19H20N2O5S. The van der Waals surface area contributed by atoms with E-state index in [1.807, 2.05) is 19.9 Å². The Morgan fingerprint density at radius 1 is 1.19 bits per heavy atom. The number of aryl methyl sites for hydroxylation is 3. The minimum atomic E-state index is -0.591. The summed E-state index contributed by atoms with van der Waals surface area (Å²) in [5, 5.41) is 3.13. The molecule has 1 unspecified atom stereocenters. The number of carbonyl (C=O) groups is 3. The Labute approximate surface area is 160 Å². The van der Waals surface area contributed by atoms with E-state index in [9.17, 15) is 14.4 Å². The van der Waals surface area contributed by atoms with Gasteiger partial charge in [-0.1, -0.05) is 0 Å². The standard InChI is InChI=1S/C19H20N2O5S/c1-9-7-10(2)20-12(8-9)16(22)21-17-15(19(24)26-4)14-11(18(23)25-3)5-6-13(14)27-17/h7-8,11H,5-6H2,1-4H3,(H,21,22). The highest BCUT2D eigenvalue weighted by molar-refractivity contribution is 7.17. The third-order valence-corrected chi connectivity index (χ3v) is 5.64. The molecule has 0 saturated carbocycles. The second kappa shape index (κ2) is 7.48. The number of hydrogen-bond acceptors (Lipinski definition) is 7. The predicted molar refractivity (Wildman–Crippen MR) is 100 cm³/mol. The van der Waals surface area contributed by atoms with E-state index in [-0.39, 0.29) is 11.3 Å². The topological polar surface area (TPSA) is 94.6 Å². The first-order chi connectivity index (χ1) is 12.8. The Morgan fingerprint density at radius 3 is 2.56 bits per heavy atom. The lowest BCUT2D eigenvalue weighted by Gasteiger charge is -2.12. The molecule has 0 bridgehead atoms. The molecule has 0 fully saturated rings. The number of esters is 2. The quantitative estimate of drug-likeness (QED) is 0.809. The summed E-state index contributed by atoms with van der Waals surface area (Å²) in [6.07, 6.45) is 1.21. The Balaban J connectivity index is 2.00. The molecule has 0 spiro atoms. The zero-order valence-electron chi connectivity index (χ0n) is 15.5. The average Bonchev–Trinajstić information content (AvgIpc) is 3.18. The number of hydrogen-bond donors (Lipinski definition) is 1. The number of ether oxygens (including phenoxy) is 2. The van der Waals surface area contributed by atoms with E-state index in [0.29, 0.717) is 23.4 Å². The Bertz CT molecular complexity index is 914. The monoisotopic (exact) mass is 388 g/mol. The first-order valence-electron chi connectivity index (χ1n) is 8.44. The summed E-state index contributed by atoms with van der Waals surface area (Å²) in [6, 6.07) is 3.55. The molecule has 1 aliphatic carbocycles. The number of amides is 1. The normalized spacial score (nSPS) is 15.2. The van der Waals surface area contributed by atoms with Crippen LogP contribution in [0.4, 0.5) is 5.00 Å². The number of fused-ring (bicyclic) bond motifs is 1. The zero-order chi connectivity index (χ0) is 19.7. The number of nitrogens with one attached hydrogen (secondary N) is 1. The highest BCUT2D eigenvalue weighted by Gasteiger charge is 2.38. The van der Waals surface area contributed by atoms with Crippen molar-refractivity contribution in [2.75, 3.05) is 19.5 Å². The molecule has 0 aromatic carbocycles. The summed E-state index contributed by atoms with van der Waals surface area (Å²) in [5.41, 5.74) is 2.74. The molecule has 0 saturated heterocycles. The van der Waals surface area contributed by atoms with Crippen molar-refractivity contribution in [3.8, 4) is 0 Å². The highest BCUT2D eigenvalue weighted by atomic mass is 32.1. The summed E-state index contributed by atoms with van der Waals surface area (Å²) >= 11 is 1.29. The fraction of sp³-hybridized carbons (Fsp3) is 0.368. The SMILES string of the molecule is COC(=O)c1c(NC(=O)c2cc(C)cc(C)n2)sc2c1C(C(=O)OC)CC2. The molecule has 1 amide bonds. The van der Waals surface area contributed by atoms with E-state index >= 15 is 0 Å². The first kappa shape index (κ1) is 19.0. The number of carbonyl (C=O) groups excluding carboxylic acids is 3. The molecule has 8 heteroatoms. The van der Waals surface area contributed by atoms with Crippen LogP contribution in [0.2, 0.25) is 0 Å². The number of methoxy groups -OCH3 is 2. The fourth-order valence-corrected chi connectivity index (χ4v) is 4.62. The van der Waals surface area contributed by atoms with Crippen LogP contribution in [0, 0.1) is 13.8 Å². The molecule has 1 aliphatic rings. The maximum absolute atomic E-state index is 12.7. The maximum Gasteiger partial charge on any atom is 0.341 e. The smallest absolute Gasteiger partial charge is 0.341 e. The van der Waals surface area contributed by atoms with Crippen molar-refractivity contribution >= 4 is 34.2 Å². The lowest BCUT2D eigenvalue weighted by Crippen LogP contribution is -2.18. The van der Waals surface area contributed by atoms with Crippen LogP contribution in [0.5, 0.6) is 0 Å². The van der Waals surface area contributed by atoms with Crippen molar-refractivity contribution in [2.45, 2.75) is 32.6 Å². The zero-order valence-corrected chi connectivity index (χ0v) is 16.4. The Morgan fingerprint density at radius 2 is 1.93 bits per heavy atom. The number of rotatable bonds is 4. The molecule has 27 heavy (non-hydrogen) atoms. The number of anilines is 1. The predicted octanol–water partition coefficient (Wildman–Crippen LogP) is 3.00. The van der Waals surface area contributed by atoms with Gasteiger partial charge in [0.1, 0.15) is 10.7 Å². The van der Waals surface area contributed by atoms with Crippen LogP contribution in [0.15, 0.2) is 12.1 Å². The highest BCUT2D eigenvalue weighted by Crippen LogP contribution is 2.46. The first-order valence-corrected chi connectivity index (χ1v) is 9.25. The van der Waals surface area contributed by atoms with E-state index in [4.69, 9.17) is 9.47 Å². The summed E-state index contributed by atoms with van der Waals surface area (Å²) in [6.45, 7) is 3.69. The summed E-state index contributed by atoms with van der Waals surface area (Å²) in [7, 11) is 2.59. The van der Waals surface area contributed by atoms with Gasteiger partial charge in [-0.2, -0.15) is 0 Å². The Kier molecular flexibility index (Phi) is 5.27. The largest absolute Gasteiger partial charge is 0.469 e. The number of nitrogens with zero attached hydrogens (tertiary/aromatic N) is 1. The van der Waals surface area contributed by atoms with Crippen molar-refractivity contribution in [1.82, 2.24) is 4.98 Å². The molecule has 2 aromatic rings. The van der Waals surface area contributed by atoms with Gasteiger partial charge < -0.3 is 14.8 Å². The Hall–Kier alpha value is -2.74. The van der Waals surface area contributed by atoms with Gasteiger partial charge in [0, 0.05) is 10.6 Å². The van der Waals surface area contributed by atoms with Crippen molar-refractivity contribution in [3.05, 3.63) is 45.1 Å². The van der Waals surface area contributed by atoms with Gasteiger partial charge in [-0.05, 0) is 49.9 Å². The molecule has 7 nitrogen and oxygen atoms in total. The van der Waals surface area contributed by atoms with Gasteiger partial charge in [-0.3, -0.25) is 9.59 Å². The molecule has 0 aliphatic heterocycles. The van der Waals surface area contributed by atoms with Crippen LogP contribution in [0.1, 0.15) is 54.9 Å². The lowest BCUT2D eigenvalue weighted by molar-refractivity contribution is -0.142. The maximum atomic E-state index is 12.7. The van der Waals surface area contributed by atoms with E-state index in [1.54, 1.807) is 6.07 Å². The molecular weight excluding hydrogens is 368 g/mol. The third kappa shape index (κ3) is 3.57. The molecule has 1 N–H and O–H groups in total. The lowest BCUT2D eigenvalue weighted by atomic mass is 9.99. The van der Waals surface area contributed by atoms with E-state index in [1.165, 1.54) is 25.6 Å². The van der Waals surface area contributed by atoms with Crippen LogP contribution in [-0.4, -0.2) is 37.0 Å². The van der Waals surface area contributed by atoms with Crippen LogP contribution >= 0.6 is 11.3 Å². The fourth-order valence-electron chi connectivity index (χ4n) is 3.36. The average molecular weight is 388 g/mol. The van der Waals surface area contributed by atoms with Gasteiger partial charge in [0.2, 0.25) is 0 Å². The van der Waals surface area contributed by atoms with Crippen LogP contribution in [0.25, 0.3) is 0 Å². The molecule has 1 atom stereocenters. The molecule has 2 aromatic heterocycles. The second-order valence-electron chi connectivity index (χ2n) is 6.37. The van der Waals surface area contributed by atoms with Crippen LogP contribution in [0.3, 0.4) is 0 Å². The van der Waals surface area contributed by atoms with Crippen molar-refractivity contribution in [2.24, 2.45) is 0 Å². The summed E-state index contributed by atoms with van der Waals surface area (Å²) in [4.78, 5) is 42.3. The second-order valence-corrected chi connectivity index (χ2v) is 7.48. The minimum absolute atomic E-state index is 0.225. The van der Waals surface area contributed by atoms with Crippen molar-refractivity contribution in [3.63, 3.8) is 0 Å². The molecule has 3 rings (SSSR count). The summed E-state index contributed by atoms with van der Waals surface area (Å²) in [5.74, 6) is -1.93. The van der Waals surface area contributed by atoms with Gasteiger partial charge in [0.05, 0.1) is 25.7 Å². The summed E-state index contributed by atoms with van der Waals surface area (Å²) < 4.78 is 9.76. The number of aromatic nitrogens is 1. The van der Waals surface area contributed by atoms with Gasteiger partial charge in [0.15, 0.2) is 0 Å². The van der Waals surface area contributed by atoms with E-state index in [2.05, 4.69) is 10.3 Å². The molecule has 2 heterocycles. The van der Waals surface area contributed by atoms with Gasteiger partial charge in [-0.25, -0.2) is 9.78 Å². The number of thiophene rings is 1. The van der Waals surface area contributed by atoms with Crippen molar-refractivity contribution in [1.29, 1.82) is 0 Å². The minimum Gasteiger partial charge on any atom is -0.469 e. The van der Waals surface area contributed by atoms with Gasteiger partial charge in [0.25, 0.3) is 5.91 Å². The van der Waals surface area contributed by atoms with E-state index in [0.717, 1.165) is 16.1 Å². The third-order valence-electron chi connectivity index (χ3n) is 4.46. The van der Waals surface area contributed by atoms with Crippen LogP contribution in [-0.2, 0) is 20.7 Å². The van der Waals surface area contributed by atoms with E-state index < -0.39 is 23.8 Å².